The monoisotopic (exact) mass is 504 g/mol. The molecule has 0 unspecified atom stereocenters. The van der Waals surface area contributed by atoms with Crippen LogP contribution >= 0.6 is 0 Å². The van der Waals surface area contributed by atoms with E-state index in [0.29, 0.717) is 11.9 Å². The van der Waals surface area contributed by atoms with Crippen molar-refractivity contribution in [1.29, 1.82) is 0 Å². The van der Waals surface area contributed by atoms with E-state index in [1.54, 1.807) is 22.0 Å². The summed E-state index contributed by atoms with van der Waals surface area (Å²) in [5.74, 6) is 1.40. The molecule has 0 spiro atoms. The summed E-state index contributed by atoms with van der Waals surface area (Å²) in [5.41, 5.74) is 4.33. The number of unbranched alkanes of at least 4 members (excludes halogenated alkanes) is 2. The minimum Gasteiger partial charge on any atom is -0.225 e. The molecular formula is C27H40N10+2. The van der Waals surface area contributed by atoms with Gasteiger partial charge in [0.15, 0.2) is 0 Å². The first-order valence-corrected chi connectivity index (χ1v) is 11.8. The van der Waals surface area contributed by atoms with Crippen LogP contribution in [-0.2, 0) is 41.0 Å². The van der Waals surface area contributed by atoms with Crippen LogP contribution in [0.5, 0.6) is 0 Å². The molecule has 0 amide bonds. The third-order valence-electron chi connectivity index (χ3n) is 5.82. The van der Waals surface area contributed by atoms with Crippen molar-refractivity contribution in [2.45, 2.75) is 47.0 Å². The number of rotatable bonds is 10. The largest absolute Gasteiger partial charge is 0.403 e. The van der Waals surface area contributed by atoms with Gasteiger partial charge in [-0.25, -0.2) is 9.13 Å². The van der Waals surface area contributed by atoms with Crippen molar-refractivity contribution in [3.05, 3.63) is 72.3 Å². The number of aromatic nitrogens is 6. The molecular weight excluding hydrogens is 464 g/mol. The summed E-state index contributed by atoms with van der Waals surface area (Å²) in [6.45, 7) is 0. The van der Waals surface area contributed by atoms with Gasteiger partial charge >= 0.3 is 11.9 Å². The van der Waals surface area contributed by atoms with Crippen molar-refractivity contribution in [2.75, 3.05) is 0 Å². The molecule has 4 aromatic rings. The van der Waals surface area contributed by atoms with Crippen LogP contribution in [0, 0.1) is 0 Å². The van der Waals surface area contributed by atoms with E-state index >= 15 is 0 Å². The summed E-state index contributed by atoms with van der Waals surface area (Å²) in [6, 6.07) is 16.6. The fourth-order valence-corrected chi connectivity index (χ4v) is 3.74. The van der Waals surface area contributed by atoms with Crippen LogP contribution in [0.15, 0.2) is 81.6 Å². The molecule has 0 atom stereocenters. The number of benzene rings is 2. The van der Waals surface area contributed by atoms with Crippen LogP contribution in [0.25, 0.3) is 0 Å². The van der Waals surface area contributed by atoms with Crippen molar-refractivity contribution in [1.82, 2.24) is 19.6 Å². The van der Waals surface area contributed by atoms with Crippen LogP contribution in [0.3, 0.4) is 0 Å². The first-order valence-electron chi connectivity index (χ1n) is 11.8. The van der Waals surface area contributed by atoms with Crippen molar-refractivity contribution >= 4 is 23.3 Å². The first-order chi connectivity index (χ1) is 17.0. The van der Waals surface area contributed by atoms with Crippen molar-refractivity contribution < 1.29 is 9.13 Å². The van der Waals surface area contributed by atoms with Gasteiger partial charge < -0.3 is 0 Å². The molecule has 0 fully saturated rings. The third-order valence-corrected chi connectivity index (χ3v) is 5.82. The highest BCUT2D eigenvalue weighted by atomic mass is 15.4. The van der Waals surface area contributed by atoms with Gasteiger partial charge in [-0.3, -0.25) is 0 Å². The molecule has 0 radical (unpaired) electrons. The van der Waals surface area contributed by atoms with E-state index in [-0.39, 0.29) is 14.9 Å². The lowest BCUT2D eigenvalue weighted by Crippen LogP contribution is -2.25. The second kappa shape index (κ2) is 13.9. The summed E-state index contributed by atoms with van der Waals surface area (Å²) >= 11 is 0. The van der Waals surface area contributed by atoms with E-state index in [1.807, 2.05) is 61.6 Å². The van der Waals surface area contributed by atoms with Crippen LogP contribution in [0.1, 0.15) is 45.2 Å². The number of azo groups is 2. The standard InChI is InChI=1S/C25H32N10.2CH4/c1-32-18-26-34(3)24(32)30-28-22-14-10-20(11-15-22)8-6-5-7-9-21-12-16-23(17-13-21)29-31-25-33(2)19-27-35(25)4;;/h10-19H,5-9H2,1-4H3;2*1H4/q+2;;. The van der Waals surface area contributed by atoms with Gasteiger partial charge in [-0.2, -0.15) is 0 Å². The Bertz CT molecular complexity index is 1160. The van der Waals surface area contributed by atoms with Crippen molar-refractivity contribution in [3.63, 3.8) is 0 Å². The summed E-state index contributed by atoms with van der Waals surface area (Å²) < 4.78 is 7.06. The second-order valence-corrected chi connectivity index (χ2v) is 8.62. The quantitative estimate of drug-likeness (QED) is 0.154. The molecule has 4 rings (SSSR count). The minimum absolute atomic E-state index is 0. The van der Waals surface area contributed by atoms with Crippen molar-refractivity contribution in [3.8, 4) is 0 Å². The maximum absolute atomic E-state index is 4.32. The van der Waals surface area contributed by atoms with Gasteiger partial charge in [0.25, 0.3) is 0 Å². The van der Waals surface area contributed by atoms with Gasteiger partial charge in [0.1, 0.15) is 0 Å². The zero-order valence-electron chi connectivity index (χ0n) is 20.8. The van der Waals surface area contributed by atoms with E-state index in [9.17, 15) is 0 Å². The second-order valence-electron chi connectivity index (χ2n) is 8.62. The van der Waals surface area contributed by atoms with Gasteiger partial charge in [0, 0.05) is 10.2 Å². The predicted molar refractivity (Wildman–Crippen MR) is 145 cm³/mol. The normalized spacial score (nSPS) is 11.1. The molecule has 0 aliphatic carbocycles. The third kappa shape index (κ3) is 7.96. The summed E-state index contributed by atoms with van der Waals surface area (Å²) in [5, 5.41) is 25.5. The van der Waals surface area contributed by atoms with Crippen LogP contribution < -0.4 is 9.13 Å². The molecule has 0 saturated heterocycles. The van der Waals surface area contributed by atoms with Crippen LogP contribution in [-0.4, -0.2) is 19.6 Å². The van der Waals surface area contributed by atoms with Crippen LogP contribution in [0.2, 0.25) is 0 Å². The Balaban J connectivity index is 0.00000241. The highest BCUT2D eigenvalue weighted by Crippen LogP contribution is 2.19. The summed E-state index contributed by atoms with van der Waals surface area (Å²) in [4.78, 5) is 0. The topological polar surface area (TPSA) is 92.8 Å². The molecule has 0 aliphatic rings. The molecule has 0 saturated carbocycles. The maximum Gasteiger partial charge on any atom is 0.403 e. The highest BCUT2D eigenvalue weighted by molar-refractivity contribution is 5.39. The van der Waals surface area contributed by atoms with E-state index in [4.69, 9.17) is 0 Å². The Kier molecular flexibility index (Phi) is 10.9. The van der Waals surface area contributed by atoms with E-state index in [2.05, 4.69) is 54.9 Å². The number of nitrogens with zero attached hydrogens (tertiary/aromatic N) is 10. The fraction of sp³-hybridized carbons (Fsp3) is 0.407. The Morgan fingerprint density at radius 2 is 0.973 bits per heavy atom. The maximum atomic E-state index is 4.32. The molecule has 0 bridgehead atoms. The number of aryl methyl sites for hydroxylation is 6. The smallest absolute Gasteiger partial charge is 0.225 e. The number of hydrogen-bond donors (Lipinski definition) is 0. The van der Waals surface area contributed by atoms with Gasteiger partial charge in [-0.1, -0.05) is 55.8 Å². The fourth-order valence-electron chi connectivity index (χ4n) is 3.74. The Morgan fingerprint density at radius 3 is 1.30 bits per heavy atom. The van der Waals surface area contributed by atoms with E-state index < -0.39 is 0 Å². The molecule has 10 nitrogen and oxygen atoms in total. The van der Waals surface area contributed by atoms with E-state index in [1.165, 1.54) is 30.4 Å². The molecule has 37 heavy (non-hydrogen) atoms. The molecule has 0 N–H and O–H groups in total. The van der Waals surface area contributed by atoms with Crippen molar-refractivity contribution in [2.24, 2.45) is 48.6 Å². The lowest BCUT2D eigenvalue weighted by atomic mass is 10.0. The molecule has 2 heterocycles. The lowest BCUT2D eigenvalue weighted by molar-refractivity contribution is -0.659. The first kappa shape index (κ1) is 29.2. The van der Waals surface area contributed by atoms with Crippen LogP contribution in [0.4, 0.5) is 23.3 Å². The SMILES string of the molecule is C.C.Cn1nc[n+](C)c1N=Nc1ccc(CCCCCc2ccc(N=Nc3n(C)nc[n+]3C)cc2)cc1. The average molecular weight is 505 g/mol. The van der Waals surface area contributed by atoms with Gasteiger partial charge in [-0.05, 0) is 71.3 Å². The van der Waals surface area contributed by atoms with Gasteiger partial charge in [0.2, 0.25) is 12.7 Å². The van der Waals surface area contributed by atoms with Gasteiger partial charge in [0.05, 0.1) is 39.6 Å². The summed E-state index contributed by atoms with van der Waals surface area (Å²) in [7, 11) is 7.50. The summed E-state index contributed by atoms with van der Waals surface area (Å²) in [6.07, 6.45) is 9.09. The highest BCUT2D eigenvalue weighted by Gasteiger charge is 2.12. The Morgan fingerprint density at radius 1 is 0.595 bits per heavy atom. The number of hydrogen-bond acceptors (Lipinski definition) is 6. The minimum atomic E-state index is 0. The zero-order chi connectivity index (χ0) is 24.6. The Labute approximate surface area is 220 Å². The molecule has 2 aromatic heterocycles. The molecule has 10 heteroatoms. The molecule has 196 valence electrons. The molecule has 0 aliphatic heterocycles. The Hall–Kier alpha value is -4.08. The lowest BCUT2D eigenvalue weighted by Gasteiger charge is -2.03. The average Bonchev–Trinajstić information content (AvgIpc) is 3.37. The van der Waals surface area contributed by atoms with E-state index in [0.717, 1.165) is 24.2 Å². The zero-order valence-corrected chi connectivity index (χ0v) is 20.8. The predicted octanol–water partition coefficient (Wildman–Crippen LogP) is 5.86. The molecule has 2 aromatic carbocycles. The van der Waals surface area contributed by atoms with Gasteiger partial charge in [-0.15, -0.1) is 9.36 Å².